The lowest BCUT2D eigenvalue weighted by Crippen LogP contribution is -2.93. The van der Waals surface area contributed by atoms with Gasteiger partial charge in [-0.3, -0.25) is 9.59 Å². The molecule has 0 aromatic heterocycles. The van der Waals surface area contributed by atoms with Crippen LogP contribution in [0, 0.1) is 0 Å². The molecule has 2 aromatic carbocycles. The molecule has 0 radical (unpaired) electrons. The first-order valence-electron chi connectivity index (χ1n) is 8.27. The molecule has 6 nitrogen and oxygen atoms in total. The van der Waals surface area contributed by atoms with Gasteiger partial charge in [-0.2, -0.15) is 0 Å². The van der Waals surface area contributed by atoms with Crippen LogP contribution in [0.2, 0.25) is 0 Å². The van der Waals surface area contributed by atoms with E-state index in [1.165, 1.54) is 11.1 Å². The molecular formula is C19H22N3O3+. The van der Waals surface area contributed by atoms with E-state index in [-0.39, 0.29) is 24.4 Å². The van der Waals surface area contributed by atoms with Crippen molar-refractivity contribution in [3.8, 4) is 5.75 Å². The number of hydrogen-bond acceptors (Lipinski definition) is 3. The summed E-state index contributed by atoms with van der Waals surface area (Å²) in [4.78, 5) is 24.3. The number of carbonyl (C=O) groups excluding carboxylic acids is 2. The predicted molar refractivity (Wildman–Crippen MR) is 94.2 cm³/mol. The first-order chi connectivity index (χ1) is 12.2. The number of anilines is 1. The molecule has 2 aromatic rings. The van der Waals surface area contributed by atoms with Crippen LogP contribution in [0.5, 0.6) is 5.75 Å². The highest BCUT2D eigenvalue weighted by Gasteiger charge is 2.27. The van der Waals surface area contributed by atoms with E-state index < -0.39 is 0 Å². The van der Waals surface area contributed by atoms with Crippen molar-refractivity contribution in [3.05, 3.63) is 59.7 Å². The van der Waals surface area contributed by atoms with E-state index >= 15 is 0 Å². The predicted octanol–water partition coefficient (Wildman–Crippen LogP) is 0.438. The summed E-state index contributed by atoms with van der Waals surface area (Å²) in [5.74, 6) is 0.355. The van der Waals surface area contributed by atoms with Crippen molar-refractivity contribution in [3.63, 3.8) is 0 Å². The van der Waals surface area contributed by atoms with E-state index in [4.69, 9.17) is 4.74 Å². The summed E-state index contributed by atoms with van der Waals surface area (Å²) < 4.78 is 5.07. The first kappa shape index (κ1) is 17.0. The molecule has 0 unspecified atom stereocenters. The average molecular weight is 340 g/mol. The highest BCUT2D eigenvalue weighted by molar-refractivity contribution is 5.95. The van der Waals surface area contributed by atoms with E-state index in [9.17, 15) is 9.59 Å². The lowest BCUT2D eigenvalue weighted by molar-refractivity contribution is -0.695. The minimum Gasteiger partial charge on any atom is -0.497 e. The van der Waals surface area contributed by atoms with E-state index in [0.717, 1.165) is 12.3 Å². The molecule has 0 aliphatic carbocycles. The van der Waals surface area contributed by atoms with Crippen LogP contribution < -0.4 is 20.7 Å². The second-order valence-electron chi connectivity index (χ2n) is 6.01. The van der Waals surface area contributed by atoms with Crippen LogP contribution in [-0.2, 0) is 22.6 Å². The van der Waals surface area contributed by atoms with Gasteiger partial charge < -0.3 is 20.7 Å². The van der Waals surface area contributed by atoms with Crippen molar-refractivity contribution in [2.24, 2.45) is 0 Å². The van der Waals surface area contributed by atoms with Crippen molar-refractivity contribution < 1.29 is 19.6 Å². The number of nitrogens with one attached hydrogen (secondary N) is 2. The summed E-state index contributed by atoms with van der Waals surface area (Å²) in [6, 6.07) is 15.0. The molecule has 1 atom stereocenters. The summed E-state index contributed by atoms with van der Waals surface area (Å²) >= 11 is 0. The number of carbonyl (C=O) groups is 2. The molecular weight excluding hydrogens is 318 g/mol. The Morgan fingerprint density at radius 2 is 1.84 bits per heavy atom. The highest BCUT2D eigenvalue weighted by atomic mass is 16.5. The minimum atomic E-state index is -0.255. The average Bonchev–Trinajstić information content (AvgIpc) is 2.66. The molecule has 6 heteroatoms. The summed E-state index contributed by atoms with van der Waals surface area (Å²) in [5.41, 5.74) is 3.13. The Hall–Kier alpha value is -2.86. The van der Waals surface area contributed by atoms with Crippen LogP contribution in [0.25, 0.3) is 0 Å². The van der Waals surface area contributed by atoms with Crippen molar-refractivity contribution in [2.75, 3.05) is 19.0 Å². The quantitative estimate of drug-likeness (QED) is 0.738. The molecule has 0 fully saturated rings. The van der Waals surface area contributed by atoms with Crippen molar-refractivity contribution in [2.45, 2.75) is 19.0 Å². The summed E-state index contributed by atoms with van der Waals surface area (Å²) in [6.07, 6.45) is 0.683. The molecule has 0 bridgehead atoms. The van der Waals surface area contributed by atoms with Gasteiger partial charge in [-0.25, -0.2) is 0 Å². The third-order valence-electron chi connectivity index (χ3n) is 4.31. The van der Waals surface area contributed by atoms with Gasteiger partial charge in [-0.05, 0) is 29.8 Å². The van der Waals surface area contributed by atoms with Crippen molar-refractivity contribution in [1.82, 2.24) is 5.32 Å². The number of quaternary nitrogens is 1. The molecule has 3 rings (SSSR count). The molecule has 0 spiro atoms. The number of ether oxygens (including phenoxy) is 1. The van der Waals surface area contributed by atoms with Crippen LogP contribution >= 0.6 is 0 Å². The molecule has 0 saturated heterocycles. The second-order valence-corrected chi connectivity index (χ2v) is 6.01. The van der Waals surface area contributed by atoms with Crippen LogP contribution in [-0.4, -0.2) is 31.5 Å². The minimum absolute atomic E-state index is 0.0448. The van der Waals surface area contributed by atoms with Gasteiger partial charge in [0.2, 0.25) is 5.91 Å². The zero-order valence-electron chi connectivity index (χ0n) is 14.1. The fourth-order valence-electron chi connectivity index (χ4n) is 2.92. The zero-order valence-corrected chi connectivity index (χ0v) is 14.1. The number of nitrogens with two attached hydrogens (primary N) is 1. The highest BCUT2D eigenvalue weighted by Crippen LogP contribution is 2.15. The van der Waals surface area contributed by atoms with Crippen LogP contribution in [0.1, 0.15) is 11.1 Å². The smallest absolute Gasteiger partial charge is 0.279 e. The molecule has 130 valence electrons. The van der Waals surface area contributed by atoms with Gasteiger partial charge in [-0.15, -0.1) is 0 Å². The van der Waals surface area contributed by atoms with Crippen LogP contribution in [0.15, 0.2) is 48.5 Å². The third kappa shape index (κ3) is 4.36. The Morgan fingerprint density at radius 3 is 2.56 bits per heavy atom. The lowest BCUT2D eigenvalue weighted by Gasteiger charge is -2.22. The second kappa shape index (κ2) is 7.81. The summed E-state index contributed by atoms with van der Waals surface area (Å²) in [5, 5.41) is 7.48. The van der Waals surface area contributed by atoms with Gasteiger partial charge in [0.15, 0.2) is 6.04 Å². The Balaban J connectivity index is 1.48. The Labute approximate surface area is 146 Å². The van der Waals surface area contributed by atoms with Crippen molar-refractivity contribution >= 4 is 17.5 Å². The fourth-order valence-corrected chi connectivity index (χ4v) is 2.92. The van der Waals surface area contributed by atoms with Gasteiger partial charge in [0, 0.05) is 17.7 Å². The number of rotatable bonds is 5. The molecule has 4 N–H and O–H groups in total. The van der Waals surface area contributed by atoms with E-state index in [0.29, 0.717) is 12.1 Å². The van der Waals surface area contributed by atoms with Gasteiger partial charge in [0.1, 0.15) is 12.3 Å². The Bertz CT molecular complexity index is 759. The topological polar surface area (TPSA) is 84.0 Å². The first-order valence-corrected chi connectivity index (χ1v) is 8.27. The molecule has 1 heterocycles. The summed E-state index contributed by atoms with van der Waals surface area (Å²) in [7, 11) is 1.59. The lowest BCUT2D eigenvalue weighted by atomic mass is 9.95. The van der Waals surface area contributed by atoms with Gasteiger partial charge >= 0.3 is 0 Å². The number of fused-ring (bicyclic) bond motifs is 1. The van der Waals surface area contributed by atoms with Crippen LogP contribution in [0.3, 0.4) is 0 Å². The zero-order chi connectivity index (χ0) is 17.6. The summed E-state index contributed by atoms with van der Waals surface area (Å²) in [6.45, 7) is 0.739. The van der Waals surface area contributed by atoms with E-state index in [1.807, 2.05) is 17.4 Å². The molecule has 2 amide bonds. The normalized spacial score (nSPS) is 15.8. The van der Waals surface area contributed by atoms with Gasteiger partial charge in [0.05, 0.1) is 13.7 Å². The number of methoxy groups -OCH3 is 1. The Morgan fingerprint density at radius 1 is 1.12 bits per heavy atom. The third-order valence-corrected chi connectivity index (χ3v) is 4.31. The Kier molecular flexibility index (Phi) is 5.30. The SMILES string of the molecule is COc1ccc(NC(=O)CNC(=O)[C@@H]2Cc3ccccc3C[NH2+]2)cc1. The maximum Gasteiger partial charge on any atom is 0.279 e. The fraction of sp³-hybridized carbons (Fsp3) is 0.263. The maximum atomic E-state index is 12.3. The molecule has 25 heavy (non-hydrogen) atoms. The number of amides is 2. The number of benzene rings is 2. The van der Waals surface area contributed by atoms with Crippen LogP contribution in [0.4, 0.5) is 5.69 Å². The standard InChI is InChI=1S/C19H21N3O3/c1-25-16-8-6-15(7-9-16)22-18(23)12-21-19(24)17-10-13-4-2-3-5-14(13)11-20-17/h2-9,17,20H,10-12H2,1H3,(H,21,24)(H,22,23)/p+1/t17-/m0/s1. The van der Waals surface area contributed by atoms with E-state index in [1.54, 1.807) is 31.4 Å². The monoisotopic (exact) mass is 340 g/mol. The number of hydrogen-bond donors (Lipinski definition) is 3. The van der Waals surface area contributed by atoms with Gasteiger partial charge in [0.25, 0.3) is 5.91 Å². The molecule has 1 aliphatic heterocycles. The van der Waals surface area contributed by atoms with Gasteiger partial charge in [-0.1, -0.05) is 24.3 Å². The molecule has 0 saturated carbocycles. The molecule has 1 aliphatic rings. The maximum absolute atomic E-state index is 12.3. The van der Waals surface area contributed by atoms with E-state index in [2.05, 4.69) is 22.8 Å². The van der Waals surface area contributed by atoms with Crippen molar-refractivity contribution in [1.29, 1.82) is 0 Å². The largest absolute Gasteiger partial charge is 0.497 e.